The maximum absolute atomic E-state index is 6.64. The van der Waals surface area contributed by atoms with Gasteiger partial charge in [-0.3, -0.25) is 0 Å². The Labute approximate surface area is 166 Å². The van der Waals surface area contributed by atoms with Crippen molar-refractivity contribution in [2.24, 2.45) is 0 Å². The molecule has 1 heterocycles. The molecule has 1 heteroatoms. The van der Waals surface area contributed by atoms with E-state index in [0.29, 0.717) is 0 Å². The van der Waals surface area contributed by atoms with Gasteiger partial charge in [0.25, 0.3) is 0 Å². The highest BCUT2D eigenvalue weighted by atomic mass is 16.3. The van der Waals surface area contributed by atoms with Crippen LogP contribution in [-0.4, -0.2) is 0 Å². The lowest BCUT2D eigenvalue weighted by atomic mass is 9.93. The number of hydrogen-bond acceptors (Lipinski definition) is 1. The summed E-state index contributed by atoms with van der Waals surface area (Å²) < 4.78 is 6.64. The van der Waals surface area contributed by atoms with E-state index in [0.717, 1.165) is 11.2 Å². The lowest BCUT2D eigenvalue weighted by molar-refractivity contribution is 0.677. The van der Waals surface area contributed by atoms with Gasteiger partial charge in [0.1, 0.15) is 11.2 Å². The zero-order valence-corrected chi connectivity index (χ0v) is 15.6. The Kier molecular flexibility index (Phi) is 2.80. The van der Waals surface area contributed by atoms with Crippen molar-refractivity contribution in [1.29, 1.82) is 0 Å². The van der Waals surface area contributed by atoms with Crippen LogP contribution in [0.5, 0.6) is 0 Å². The molecule has 0 fully saturated rings. The monoisotopic (exact) mass is 368 g/mol. The summed E-state index contributed by atoms with van der Waals surface area (Å²) in [6.07, 6.45) is 0. The number of furan rings is 1. The van der Waals surface area contributed by atoms with Crippen LogP contribution in [-0.2, 0) is 0 Å². The normalized spacial score (nSPS) is 12.1. The summed E-state index contributed by atoms with van der Waals surface area (Å²) in [7, 11) is 0. The molecule has 7 aromatic rings. The van der Waals surface area contributed by atoms with E-state index in [1.807, 2.05) is 0 Å². The van der Waals surface area contributed by atoms with Crippen molar-refractivity contribution in [3.8, 4) is 0 Å². The molecule has 134 valence electrons. The van der Waals surface area contributed by atoms with E-state index >= 15 is 0 Å². The molecule has 7 rings (SSSR count). The van der Waals surface area contributed by atoms with Gasteiger partial charge in [0.05, 0.1) is 0 Å². The van der Waals surface area contributed by atoms with Gasteiger partial charge in [0.2, 0.25) is 0 Å². The zero-order chi connectivity index (χ0) is 18.9. The highest BCUT2D eigenvalue weighted by molar-refractivity contribution is 6.32. The summed E-state index contributed by atoms with van der Waals surface area (Å²) in [6.45, 7) is 0. The molecule has 29 heavy (non-hydrogen) atoms. The van der Waals surface area contributed by atoms with E-state index in [4.69, 9.17) is 4.42 Å². The molecular weight excluding hydrogens is 352 g/mol. The summed E-state index contributed by atoms with van der Waals surface area (Å²) in [5.74, 6) is 0. The SMILES string of the molecule is c1ccc2c(c1)ccc1c3ccc4c5ccccc5c5ccccc5c4c3oc21. The average molecular weight is 368 g/mol. The van der Waals surface area contributed by atoms with Crippen molar-refractivity contribution >= 4 is 65.0 Å². The third-order valence-corrected chi connectivity index (χ3v) is 6.24. The standard InChI is InChI=1S/C28H16O/c1-2-8-18-17(7-1)13-14-24-25-16-15-23-21-11-4-3-9-19(21)20-10-5-6-12-22(20)26(23)28(25)29-27(18)24/h1-16H. The molecule has 1 aromatic heterocycles. The molecule has 0 saturated heterocycles. The van der Waals surface area contributed by atoms with Gasteiger partial charge < -0.3 is 4.42 Å². The van der Waals surface area contributed by atoms with Gasteiger partial charge >= 0.3 is 0 Å². The molecule has 0 spiro atoms. The molecule has 0 N–H and O–H groups in total. The fourth-order valence-corrected chi connectivity index (χ4v) is 4.95. The predicted octanol–water partition coefficient (Wildman–Crippen LogP) is 8.20. The highest BCUT2D eigenvalue weighted by Crippen LogP contribution is 2.42. The van der Waals surface area contributed by atoms with Crippen LogP contribution in [0.25, 0.3) is 65.0 Å². The summed E-state index contributed by atoms with van der Waals surface area (Å²) in [6, 6.07) is 34.6. The Bertz CT molecular complexity index is 1720. The Balaban J connectivity index is 1.82. The second-order valence-corrected chi connectivity index (χ2v) is 7.72. The van der Waals surface area contributed by atoms with Crippen molar-refractivity contribution in [3.05, 3.63) is 97.1 Å². The second kappa shape index (κ2) is 5.36. The van der Waals surface area contributed by atoms with Gasteiger partial charge in [0, 0.05) is 21.5 Å². The van der Waals surface area contributed by atoms with Gasteiger partial charge in [-0.15, -0.1) is 0 Å². The lowest BCUT2D eigenvalue weighted by Gasteiger charge is -2.10. The van der Waals surface area contributed by atoms with Crippen LogP contribution in [0.2, 0.25) is 0 Å². The smallest absolute Gasteiger partial charge is 0.143 e. The van der Waals surface area contributed by atoms with Gasteiger partial charge in [-0.2, -0.15) is 0 Å². The molecule has 0 bridgehead atoms. The first kappa shape index (κ1) is 15.1. The van der Waals surface area contributed by atoms with E-state index in [1.54, 1.807) is 0 Å². The quantitative estimate of drug-likeness (QED) is 0.246. The molecule has 0 aliphatic heterocycles. The van der Waals surface area contributed by atoms with Crippen LogP contribution in [0.3, 0.4) is 0 Å². The minimum Gasteiger partial charge on any atom is -0.455 e. The maximum atomic E-state index is 6.64. The molecule has 0 unspecified atom stereocenters. The molecule has 0 atom stereocenters. The minimum atomic E-state index is 0.975. The summed E-state index contributed by atoms with van der Waals surface area (Å²) in [4.78, 5) is 0. The molecule has 0 radical (unpaired) electrons. The largest absolute Gasteiger partial charge is 0.455 e. The van der Waals surface area contributed by atoms with Crippen molar-refractivity contribution in [1.82, 2.24) is 0 Å². The van der Waals surface area contributed by atoms with Crippen LogP contribution in [0.1, 0.15) is 0 Å². The molecule has 1 nitrogen and oxygen atoms in total. The maximum Gasteiger partial charge on any atom is 0.143 e. The van der Waals surface area contributed by atoms with Crippen molar-refractivity contribution in [2.45, 2.75) is 0 Å². The van der Waals surface area contributed by atoms with E-state index in [9.17, 15) is 0 Å². The molecular formula is C28H16O. The Morgan fingerprint density at radius 1 is 0.345 bits per heavy atom. The van der Waals surface area contributed by atoms with Gasteiger partial charge in [-0.05, 0) is 44.5 Å². The van der Waals surface area contributed by atoms with Crippen LogP contribution in [0.4, 0.5) is 0 Å². The summed E-state index contributed by atoms with van der Waals surface area (Å²) >= 11 is 0. The van der Waals surface area contributed by atoms with Crippen LogP contribution in [0, 0.1) is 0 Å². The third-order valence-electron chi connectivity index (χ3n) is 6.24. The molecule has 6 aromatic carbocycles. The van der Waals surface area contributed by atoms with Crippen LogP contribution >= 0.6 is 0 Å². The number of rotatable bonds is 0. The van der Waals surface area contributed by atoms with Gasteiger partial charge in [-0.1, -0.05) is 84.9 Å². The molecule has 0 saturated carbocycles. The Hall–Kier alpha value is -3.84. The fraction of sp³-hybridized carbons (Fsp3) is 0. The van der Waals surface area contributed by atoms with E-state index in [2.05, 4.69) is 97.1 Å². The lowest BCUT2D eigenvalue weighted by Crippen LogP contribution is -1.83. The molecule has 0 aliphatic carbocycles. The Morgan fingerprint density at radius 3 is 1.59 bits per heavy atom. The first-order chi connectivity index (χ1) is 14.4. The van der Waals surface area contributed by atoms with E-state index in [1.165, 1.54) is 53.9 Å². The second-order valence-electron chi connectivity index (χ2n) is 7.72. The van der Waals surface area contributed by atoms with Crippen molar-refractivity contribution in [3.63, 3.8) is 0 Å². The van der Waals surface area contributed by atoms with Crippen molar-refractivity contribution < 1.29 is 4.42 Å². The zero-order valence-electron chi connectivity index (χ0n) is 15.6. The minimum absolute atomic E-state index is 0.975. The molecule has 0 amide bonds. The number of hydrogen-bond donors (Lipinski definition) is 0. The summed E-state index contributed by atoms with van der Waals surface area (Å²) in [5, 5.41) is 12.3. The van der Waals surface area contributed by atoms with Crippen LogP contribution in [0.15, 0.2) is 101 Å². The summed E-state index contributed by atoms with van der Waals surface area (Å²) in [5.41, 5.74) is 1.96. The average Bonchev–Trinajstić information content (AvgIpc) is 3.18. The number of benzene rings is 6. The van der Waals surface area contributed by atoms with Gasteiger partial charge in [0.15, 0.2) is 0 Å². The fourth-order valence-electron chi connectivity index (χ4n) is 4.95. The number of fused-ring (bicyclic) bond motifs is 12. The van der Waals surface area contributed by atoms with Gasteiger partial charge in [-0.25, -0.2) is 0 Å². The highest BCUT2D eigenvalue weighted by Gasteiger charge is 2.16. The molecule has 0 aliphatic rings. The first-order valence-corrected chi connectivity index (χ1v) is 9.96. The third kappa shape index (κ3) is 1.89. The topological polar surface area (TPSA) is 13.1 Å². The first-order valence-electron chi connectivity index (χ1n) is 9.96. The Morgan fingerprint density at radius 2 is 0.828 bits per heavy atom. The van der Waals surface area contributed by atoms with Crippen LogP contribution < -0.4 is 0 Å². The van der Waals surface area contributed by atoms with E-state index < -0.39 is 0 Å². The van der Waals surface area contributed by atoms with Crippen molar-refractivity contribution in [2.75, 3.05) is 0 Å². The predicted molar refractivity (Wildman–Crippen MR) is 124 cm³/mol. The van der Waals surface area contributed by atoms with E-state index in [-0.39, 0.29) is 0 Å².